The number of benzene rings is 1. The molecule has 2 rings (SSSR count). The lowest BCUT2D eigenvalue weighted by Gasteiger charge is -2.32. The molecule has 0 aromatic heterocycles. The summed E-state index contributed by atoms with van der Waals surface area (Å²) in [5.41, 5.74) is 2.54. The third-order valence-corrected chi connectivity index (χ3v) is 4.76. The van der Waals surface area contributed by atoms with Gasteiger partial charge in [0.15, 0.2) is 0 Å². The lowest BCUT2D eigenvalue weighted by atomic mass is 10.0. The Bertz CT molecular complexity index is 447. The van der Waals surface area contributed by atoms with E-state index in [1.807, 2.05) is 7.05 Å². The minimum atomic E-state index is 0.383. The smallest absolute Gasteiger partial charge is 0.122 e. The molecule has 0 spiro atoms. The molecule has 1 aromatic rings. The van der Waals surface area contributed by atoms with Crippen LogP contribution in [0.15, 0.2) is 18.2 Å². The molecule has 1 N–H and O–H groups in total. The maximum absolute atomic E-state index is 6.01. The van der Waals surface area contributed by atoms with Crippen LogP contribution in [0.25, 0.3) is 0 Å². The van der Waals surface area contributed by atoms with Crippen molar-refractivity contribution in [3.63, 3.8) is 0 Å². The molecule has 21 heavy (non-hydrogen) atoms. The third kappa shape index (κ3) is 4.45. The van der Waals surface area contributed by atoms with Crippen molar-refractivity contribution in [1.82, 2.24) is 10.2 Å². The number of aryl methyl sites for hydroxylation is 1. The van der Waals surface area contributed by atoms with E-state index in [4.69, 9.17) is 4.74 Å². The van der Waals surface area contributed by atoms with Crippen molar-refractivity contribution in [2.75, 3.05) is 27.2 Å². The lowest BCUT2D eigenvalue weighted by molar-refractivity contribution is 0.153. The highest BCUT2D eigenvalue weighted by Crippen LogP contribution is 2.24. The molecule has 3 heteroatoms. The maximum atomic E-state index is 6.01. The molecule has 2 unspecified atom stereocenters. The third-order valence-electron chi connectivity index (χ3n) is 4.76. The van der Waals surface area contributed by atoms with Gasteiger partial charge in [-0.1, -0.05) is 18.6 Å². The van der Waals surface area contributed by atoms with Gasteiger partial charge in [-0.25, -0.2) is 0 Å². The molecule has 0 saturated carbocycles. The molecule has 3 nitrogen and oxygen atoms in total. The number of hydrogen-bond donors (Lipinski definition) is 1. The standard InChI is InChI=1S/C18H30N2O/c1-14-13-16(15(2)19-3)8-9-18(14)21-12-10-17-7-5-6-11-20(17)4/h8-9,13,15,17,19H,5-7,10-12H2,1-4H3. The van der Waals surface area contributed by atoms with Gasteiger partial charge in [-0.05, 0) is 70.9 Å². The van der Waals surface area contributed by atoms with Gasteiger partial charge in [-0.3, -0.25) is 0 Å². The van der Waals surface area contributed by atoms with Crippen molar-refractivity contribution >= 4 is 0 Å². The normalized spacial score (nSPS) is 21.2. The van der Waals surface area contributed by atoms with Gasteiger partial charge in [0.1, 0.15) is 5.75 Å². The summed E-state index contributed by atoms with van der Waals surface area (Å²) in [6.45, 7) is 6.36. The molecule has 118 valence electrons. The summed E-state index contributed by atoms with van der Waals surface area (Å²) >= 11 is 0. The molecule has 2 atom stereocenters. The zero-order chi connectivity index (χ0) is 15.2. The number of likely N-dealkylation sites (tertiary alicyclic amines) is 1. The molecular formula is C18H30N2O. The Labute approximate surface area is 129 Å². The van der Waals surface area contributed by atoms with E-state index < -0.39 is 0 Å². The summed E-state index contributed by atoms with van der Waals surface area (Å²) in [7, 11) is 4.23. The highest BCUT2D eigenvalue weighted by Gasteiger charge is 2.18. The maximum Gasteiger partial charge on any atom is 0.122 e. The molecule has 0 bridgehead atoms. The van der Waals surface area contributed by atoms with Crippen LogP contribution < -0.4 is 10.1 Å². The number of ether oxygens (including phenoxy) is 1. The molecule has 1 heterocycles. The second-order valence-electron chi connectivity index (χ2n) is 6.30. The van der Waals surface area contributed by atoms with Gasteiger partial charge in [-0.15, -0.1) is 0 Å². The number of piperidine rings is 1. The Kier molecular flexibility index (Phi) is 6.07. The number of nitrogens with one attached hydrogen (secondary N) is 1. The van der Waals surface area contributed by atoms with Crippen LogP contribution in [-0.4, -0.2) is 38.2 Å². The minimum absolute atomic E-state index is 0.383. The second-order valence-corrected chi connectivity index (χ2v) is 6.30. The first-order valence-corrected chi connectivity index (χ1v) is 8.22. The van der Waals surface area contributed by atoms with Gasteiger partial charge >= 0.3 is 0 Å². The molecule has 1 aliphatic rings. The predicted molar refractivity (Wildman–Crippen MR) is 89.0 cm³/mol. The summed E-state index contributed by atoms with van der Waals surface area (Å²) in [5.74, 6) is 1.03. The zero-order valence-electron chi connectivity index (χ0n) is 14.0. The van der Waals surface area contributed by atoms with Crippen molar-refractivity contribution in [3.8, 4) is 5.75 Å². The molecule has 1 aliphatic heterocycles. The molecule has 1 aromatic carbocycles. The fraction of sp³-hybridized carbons (Fsp3) is 0.667. The Balaban J connectivity index is 1.85. The molecule has 1 saturated heterocycles. The summed E-state index contributed by atoms with van der Waals surface area (Å²) in [6.07, 6.45) is 5.16. The van der Waals surface area contributed by atoms with E-state index in [0.717, 1.165) is 18.8 Å². The Morgan fingerprint density at radius 2 is 2.19 bits per heavy atom. The summed E-state index contributed by atoms with van der Waals surface area (Å²) in [4.78, 5) is 2.48. The van der Waals surface area contributed by atoms with E-state index in [-0.39, 0.29) is 0 Å². The van der Waals surface area contributed by atoms with E-state index in [0.29, 0.717) is 12.1 Å². The van der Waals surface area contributed by atoms with Crippen molar-refractivity contribution in [1.29, 1.82) is 0 Å². The molecular weight excluding hydrogens is 260 g/mol. The van der Waals surface area contributed by atoms with Crippen LogP contribution in [0, 0.1) is 6.92 Å². The van der Waals surface area contributed by atoms with E-state index in [1.54, 1.807) is 0 Å². The molecule has 0 amide bonds. The Morgan fingerprint density at radius 3 is 2.86 bits per heavy atom. The summed E-state index contributed by atoms with van der Waals surface area (Å²) < 4.78 is 6.01. The summed E-state index contributed by atoms with van der Waals surface area (Å²) in [5, 5.41) is 3.27. The van der Waals surface area contributed by atoms with Crippen LogP contribution in [0.2, 0.25) is 0 Å². The van der Waals surface area contributed by atoms with Crippen molar-refractivity contribution < 1.29 is 4.74 Å². The van der Waals surface area contributed by atoms with E-state index >= 15 is 0 Å². The average Bonchev–Trinajstić information content (AvgIpc) is 2.50. The quantitative estimate of drug-likeness (QED) is 0.867. The van der Waals surface area contributed by atoms with Crippen molar-refractivity contribution in [2.24, 2.45) is 0 Å². The molecule has 0 aliphatic carbocycles. The van der Waals surface area contributed by atoms with Crippen molar-refractivity contribution in [3.05, 3.63) is 29.3 Å². The SMILES string of the molecule is CNC(C)c1ccc(OCCC2CCCCN2C)c(C)c1. The van der Waals surface area contributed by atoms with Gasteiger partial charge in [0, 0.05) is 12.1 Å². The van der Waals surface area contributed by atoms with Crippen LogP contribution in [-0.2, 0) is 0 Å². The second kappa shape index (κ2) is 7.81. The lowest BCUT2D eigenvalue weighted by Crippen LogP contribution is -2.37. The first-order chi connectivity index (χ1) is 10.1. The van der Waals surface area contributed by atoms with Crippen LogP contribution in [0.3, 0.4) is 0 Å². The van der Waals surface area contributed by atoms with Crippen LogP contribution in [0.4, 0.5) is 0 Å². The minimum Gasteiger partial charge on any atom is -0.493 e. The first kappa shape index (κ1) is 16.3. The fourth-order valence-corrected chi connectivity index (χ4v) is 3.08. The molecule has 1 fully saturated rings. The van der Waals surface area contributed by atoms with Gasteiger partial charge in [0.25, 0.3) is 0 Å². The Hall–Kier alpha value is -1.06. The predicted octanol–water partition coefficient (Wildman–Crippen LogP) is 3.53. The number of rotatable bonds is 6. The van der Waals surface area contributed by atoms with Crippen LogP contribution in [0.1, 0.15) is 49.8 Å². The average molecular weight is 290 g/mol. The summed E-state index contributed by atoms with van der Waals surface area (Å²) in [6, 6.07) is 7.58. The van der Waals surface area contributed by atoms with Gasteiger partial charge in [0.2, 0.25) is 0 Å². The highest BCUT2D eigenvalue weighted by molar-refractivity contribution is 5.37. The van der Waals surface area contributed by atoms with Crippen molar-refractivity contribution in [2.45, 2.75) is 51.6 Å². The Morgan fingerprint density at radius 1 is 1.38 bits per heavy atom. The highest BCUT2D eigenvalue weighted by atomic mass is 16.5. The van der Waals surface area contributed by atoms with E-state index in [1.165, 1.54) is 36.9 Å². The first-order valence-electron chi connectivity index (χ1n) is 8.22. The zero-order valence-corrected chi connectivity index (χ0v) is 14.0. The monoisotopic (exact) mass is 290 g/mol. The van der Waals surface area contributed by atoms with Gasteiger partial charge in [-0.2, -0.15) is 0 Å². The fourth-order valence-electron chi connectivity index (χ4n) is 3.08. The van der Waals surface area contributed by atoms with E-state index in [9.17, 15) is 0 Å². The number of nitrogens with zero attached hydrogens (tertiary/aromatic N) is 1. The topological polar surface area (TPSA) is 24.5 Å². The van der Waals surface area contributed by atoms with Crippen LogP contribution >= 0.6 is 0 Å². The van der Waals surface area contributed by atoms with Gasteiger partial charge in [0.05, 0.1) is 6.61 Å². The van der Waals surface area contributed by atoms with E-state index in [2.05, 4.69) is 49.3 Å². The largest absolute Gasteiger partial charge is 0.493 e. The van der Waals surface area contributed by atoms with Crippen LogP contribution in [0.5, 0.6) is 5.75 Å². The van der Waals surface area contributed by atoms with Gasteiger partial charge < -0.3 is 15.0 Å². The number of hydrogen-bond acceptors (Lipinski definition) is 3. The molecule has 0 radical (unpaired) electrons.